The number of aryl methyl sites for hydroxylation is 2. The van der Waals surface area contributed by atoms with Gasteiger partial charge in [-0.3, -0.25) is 0 Å². The molecule has 0 saturated carbocycles. The molecule has 1 nitrogen and oxygen atoms in total. The average Bonchev–Trinajstić information content (AvgIpc) is 3.04. The maximum Gasteiger partial charge on any atom is 0.0684 e. The second-order valence-corrected chi connectivity index (χ2v) is 14.4. The molecule has 1 rings (SSSR count). The Morgan fingerprint density at radius 2 is 0.636 bits per heavy atom. The molecule has 1 N–H and O–H groups in total. The lowest BCUT2D eigenvalue weighted by atomic mass is 9.96. The molecule has 0 heterocycles. The van der Waals surface area contributed by atoms with Crippen molar-refractivity contribution in [3.05, 3.63) is 34.9 Å². The third-order valence-electron chi connectivity index (χ3n) is 10.1. The predicted molar refractivity (Wildman–Crippen MR) is 199 cm³/mol. The minimum atomic E-state index is 0.188. The van der Waals surface area contributed by atoms with E-state index in [4.69, 9.17) is 0 Å². The van der Waals surface area contributed by atoms with Crippen molar-refractivity contribution >= 4 is 0 Å². The highest BCUT2D eigenvalue weighted by Gasteiger charge is 2.05. The molecule has 1 aromatic rings. The van der Waals surface area contributed by atoms with Gasteiger partial charge in [-0.25, -0.2) is 0 Å². The van der Waals surface area contributed by atoms with Crippen LogP contribution in [-0.4, -0.2) is 5.11 Å². The number of hydrogen-bond donors (Lipinski definition) is 1. The SMILES string of the molecule is CCCCCCCCCCCCCCCCCCc1ccc(CO)c(CCCCCCCCCCCCCCCCCC)c1. The van der Waals surface area contributed by atoms with E-state index in [1.54, 1.807) is 0 Å². The zero-order valence-electron chi connectivity index (χ0n) is 30.4. The average molecular weight is 613 g/mol. The lowest BCUT2D eigenvalue weighted by Gasteiger charge is -2.11. The van der Waals surface area contributed by atoms with E-state index >= 15 is 0 Å². The minimum absolute atomic E-state index is 0.188. The van der Waals surface area contributed by atoms with Gasteiger partial charge in [0.05, 0.1) is 6.61 Å². The summed E-state index contributed by atoms with van der Waals surface area (Å²) in [6.07, 6.45) is 47.9. The molecule has 0 aromatic heterocycles. The molecule has 0 spiro atoms. The highest BCUT2D eigenvalue weighted by atomic mass is 16.3. The fourth-order valence-corrected chi connectivity index (χ4v) is 6.96. The second kappa shape index (κ2) is 33.5. The molecule has 0 atom stereocenters. The van der Waals surface area contributed by atoms with Crippen molar-refractivity contribution in [1.29, 1.82) is 0 Å². The summed E-state index contributed by atoms with van der Waals surface area (Å²) in [4.78, 5) is 0. The maximum atomic E-state index is 9.87. The molecule has 0 saturated heterocycles. The Morgan fingerprint density at radius 3 is 0.955 bits per heavy atom. The third kappa shape index (κ3) is 26.4. The summed E-state index contributed by atoms with van der Waals surface area (Å²) in [6.45, 7) is 4.79. The van der Waals surface area contributed by atoms with E-state index in [0.717, 1.165) is 12.0 Å². The van der Waals surface area contributed by atoms with E-state index < -0.39 is 0 Å². The smallest absolute Gasteiger partial charge is 0.0684 e. The van der Waals surface area contributed by atoms with Crippen molar-refractivity contribution in [3.63, 3.8) is 0 Å². The Balaban J connectivity index is 1.97. The highest BCUT2D eigenvalue weighted by molar-refractivity contribution is 5.32. The summed E-state index contributed by atoms with van der Waals surface area (Å²) < 4.78 is 0. The molecular weight excluding hydrogens is 532 g/mol. The van der Waals surface area contributed by atoms with Crippen molar-refractivity contribution in [1.82, 2.24) is 0 Å². The van der Waals surface area contributed by atoms with Crippen LogP contribution in [0.5, 0.6) is 0 Å². The second-order valence-electron chi connectivity index (χ2n) is 14.4. The van der Waals surface area contributed by atoms with Crippen LogP contribution in [0.3, 0.4) is 0 Å². The first kappa shape index (κ1) is 41.2. The molecule has 0 aliphatic carbocycles. The maximum absolute atomic E-state index is 9.87. The van der Waals surface area contributed by atoms with Crippen LogP contribution in [0.15, 0.2) is 18.2 Å². The van der Waals surface area contributed by atoms with Gasteiger partial charge in [0.2, 0.25) is 0 Å². The van der Waals surface area contributed by atoms with Crippen LogP contribution in [-0.2, 0) is 19.4 Å². The molecule has 258 valence electrons. The molecule has 0 unspecified atom stereocenters. The number of rotatable bonds is 35. The number of benzene rings is 1. The van der Waals surface area contributed by atoms with Gasteiger partial charge in [0.25, 0.3) is 0 Å². The molecule has 0 fully saturated rings. The van der Waals surface area contributed by atoms with E-state index in [2.05, 4.69) is 32.0 Å². The van der Waals surface area contributed by atoms with Crippen molar-refractivity contribution in [3.8, 4) is 0 Å². The summed E-state index contributed by atoms with van der Waals surface area (Å²) in [5.74, 6) is 0. The van der Waals surface area contributed by atoms with Crippen molar-refractivity contribution < 1.29 is 5.11 Å². The lowest BCUT2D eigenvalue weighted by molar-refractivity contribution is 0.280. The van der Waals surface area contributed by atoms with Gasteiger partial charge < -0.3 is 5.11 Å². The van der Waals surface area contributed by atoms with Gasteiger partial charge in [0.1, 0.15) is 0 Å². The third-order valence-corrected chi connectivity index (χ3v) is 10.1. The Bertz CT molecular complexity index is 694. The minimum Gasteiger partial charge on any atom is -0.392 e. The molecule has 0 amide bonds. The van der Waals surface area contributed by atoms with Crippen molar-refractivity contribution in [2.24, 2.45) is 0 Å². The quantitative estimate of drug-likeness (QED) is 0.0756. The molecule has 0 bridgehead atoms. The van der Waals surface area contributed by atoms with Gasteiger partial charge in [0.15, 0.2) is 0 Å². The summed E-state index contributed by atoms with van der Waals surface area (Å²) in [5.41, 5.74) is 4.05. The molecule has 1 heteroatoms. The predicted octanol–water partition coefficient (Wildman–Crippen LogP) is 14.8. The van der Waals surface area contributed by atoms with Crippen LogP contribution < -0.4 is 0 Å². The van der Waals surface area contributed by atoms with Crippen LogP contribution in [0, 0.1) is 0 Å². The fourth-order valence-electron chi connectivity index (χ4n) is 6.96. The lowest BCUT2D eigenvalue weighted by Crippen LogP contribution is -1.97. The van der Waals surface area contributed by atoms with Crippen LogP contribution >= 0.6 is 0 Å². The van der Waals surface area contributed by atoms with E-state index in [0.29, 0.717) is 0 Å². The van der Waals surface area contributed by atoms with Gasteiger partial charge in [-0.2, -0.15) is 0 Å². The van der Waals surface area contributed by atoms with Crippen LogP contribution in [0.2, 0.25) is 0 Å². The fraction of sp³-hybridized carbons (Fsp3) is 0.860. The van der Waals surface area contributed by atoms with Crippen LogP contribution in [0.4, 0.5) is 0 Å². The van der Waals surface area contributed by atoms with Gasteiger partial charge in [0, 0.05) is 0 Å². The zero-order chi connectivity index (χ0) is 31.6. The summed E-state index contributed by atoms with van der Waals surface area (Å²) in [6, 6.07) is 6.89. The first-order chi connectivity index (χ1) is 21.8. The normalized spacial score (nSPS) is 11.5. The highest BCUT2D eigenvalue weighted by Crippen LogP contribution is 2.20. The Kier molecular flexibility index (Phi) is 31.4. The standard InChI is InChI=1S/C43H80O/c1-3-5-7-9-11-13-15-17-19-21-23-25-27-29-31-33-35-41-37-38-43(40-44)42(39-41)36-34-32-30-28-26-24-22-20-18-16-14-12-10-8-6-4-2/h37-39,44H,3-36,40H2,1-2H3. The largest absolute Gasteiger partial charge is 0.392 e. The zero-order valence-corrected chi connectivity index (χ0v) is 30.4. The first-order valence-electron chi connectivity index (χ1n) is 20.5. The van der Waals surface area contributed by atoms with E-state index in [1.165, 1.54) is 223 Å². The summed E-state index contributed by atoms with van der Waals surface area (Å²) in [7, 11) is 0. The first-order valence-corrected chi connectivity index (χ1v) is 20.5. The van der Waals surface area contributed by atoms with Crippen LogP contribution in [0.25, 0.3) is 0 Å². The number of aliphatic hydroxyl groups excluding tert-OH is 1. The Morgan fingerprint density at radius 1 is 0.341 bits per heavy atom. The number of hydrogen-bond acceptors (Lipinski definition) is 1. The number of aliphatic hydroxyl groups is 1. The molecule has 0 aliphatic rings. The monoisotopic (exact) mass is 613 g/mol. The molecule has 1 aromatic carbocycles. The van der Waals surface area contributed by atoms with Crippen molar-refractivity contribution in [2.45, 2.75) is 239 Å². The van der Waals surface area contributed by atoms with Gasteiger partial charge in [-0.1, -0.05) is 225 Å². The van der Waals surface area contributed by atoms with E-state index in [1.807, 2.05) is 0 Å². The van der Waals surface area contributed by atoms with Crippen molar-refractivity contribution in [2.75, 3.05) is 0 Å². The van der Waals surface area contributed by atoms with Gasteiger partial charge in [-0.05, 0) is 42.4 Å². The topological polar surface area (TPSA) is 20.2 Å². The molecule has 0 aliphatic heterocycles. The van der Waals surface area contributed by atoms with Crippen LogP contribution in [0.1, 0.15) is 236 Å². The molecule has 44 heavy (non-hydrogen) atoms. The van der Waals surface area contributed by atoms with E-state index in [-0.39, 0.29) is 6.61 Å². The Hall–Kier alpha value is -0.820. The van der Waals surface area contributed by atoms with Gasteiger partial charge in [-0.15, -0.1) is 0 Å². The molecular formula is C43H80O. The van der Waals surface area contributed by atoms with Gasteiger partial charge >= 0.3 is 0 Å². The summed E-state index contributed by atoms with van der Waals surface area (Å²) >= 11 is 0. The number of unbranched alkanes of at least 4 members (excludes halogenated alkanes) is 30. The molecule has 0 radical (unpaired) electrons. The van der Waals surface area contributed by atoms with E-state index in [9.17, 15) is 5.11 Å². The summed E-state index contributed by atoms with van der Waals surface area (Å²) in [5, 5.41) is 9.87. The Labute approximate surface area is 278 Å².